The molecule has 1 aromatic heterocycles. The Hall–Kier alpha value is -1.66. The van der Waals surface area contributed by atoms with E-state index in [1.807, 2.05) is 22.9 Å². The Bertz CT molecular complexity index is 739. The first-order valence-electron chi connectivity index (χ1n) is 6.34. The second-order valence-corrected chi connectivity index (χ2v) is 6.89. The molecule has 1 aliphatic heterocycles. The first-order valence-corrected chi connectivity index (χ1v) is 8.19. The second kappa shape index (κ2) is 4.71. The third-order valence-electron chi connectivity index (χ3n) is 3.58. The van der Waals surface area contributed by atoms with Crippen molar-refractivity contribution in [3.63, 3.8) is 0 Å². The van der Waals surface area contributed by atoms with Crippen LogP contribution in [0.5, 0.6) is 0 Å². The van der Waals surface area contributed by atoms with Crippen LogP contribution in [0.1, 0.15) is 17.3 Å². The van der Waals surface area contributed by atoms with Crippen LogP contribution >= 0.6 is 0 Å². The molecule has 4 nitrogen and oxygen atoms in total. The Labute approximate surface area is 117 Å². The Morgan fingerprint density at radius 2 is 2.00 bits per heavy atom. The molecule has 1 aromatic carbocycles. The molecule has 1 unspecified atom stereocenters. The number of aromatic nitrogens is 1. The van der Waals surface area contributed by atoms with Crippen molar-refractivity contribution in [1.82, 2.24) is 8.87 Å². The second-order valence-electron chi connectivity index (χ2n) is 4.96. The van der Waals surface area contributed by atoms with E-state index in [0.717, 1.165) is 5.69 Å². The van der Waals surface area contributed by atoms with Gasteiger partial charge in [-0.25, -0.2) is 12.8 Å². The van der Waals surface area contributed by atoms with Crippen LogP contribution in [0.25, 0.3) is 0 Å². The highest BCUT2D eigenvalue weighted by atomic mass is 32.2. The van der Waals surface area contributed by atoms with E-state index in [9.17, 15) is 12.8 Å². The lowest BCUT2D eigenvalue weighted by Gasteiger charge is -2.35. The maximum atomic E-state index is 13.5. The van der Waals surface area contributed by atoms with E-state index in [0.29, 0.717) is 18.7 Å². The molecule has 2 heterocycles. The van der Waals surface area contributed by atoms with Crippen LogP contribution in [0.15, 0.2) is 42.6 Å². The number of rotatable bonds is 2. The third-order valence-corrected chi connectivity index (χ3v) is 4.83. The van der Waals surface area contributed by atoms with Crippen LogP contribution in [0.4, 0.5) is 4.39 Å². The van der Waals surface area contributed by atoms with E-state index < -0.39 is 16.1 Å². The van der Waals surface area contributed by atoms with Crippen molar-refractivity contribution in [2.24, 2.45) is 0 Å². The molecule has 0 spiro atoms. The number of fused-ring (bicyclic) bond motifs is 1. The topological polar surface area (TPSA) is 42.3 Å². The van der Waals surface area contributed by atoms with E-state index in [2.05, 4.69) is 0 Å². The standard InChI is InChI=1S/C14H15FN2O2S/c1-20(18,19)17-9-8-16-7-3-6-13(16)14(17)11-4-2-5-12(15)10-11/h2-7,10,14H,8-9H2,1H3. The molecular weight excluding hydrogens is 279 g/mol. The molecule has 0 radical (unpaired) electrons. The highest BCUT2D eigenvalue weighted by Crippen LogP contribution is 2.34. The zero-order valence-electron chi connectivity index (χ0n) is 11.0. The van der Waals surface area contributed by atoms with Crippen molar-refractivity contribution in [3.8, 4) is 0 Å². The predicted molar refractivity (Wildman–Crippen MR) is 74.2 cm³/mol. The van der Waals surface area contributed by atoms with Gasteiger partial charge in [0.15, 0.2) is 0 Å². The molecule has 0 N–H and O–H groups in total. The Morgan fingerprint density at radius 3 is 2.70 bits per heavy atom. The molecule has 106 valence electrons. The summed E-state index contributed by atoms with van der Waals surface area (Å²) in [5, 5.41) is 0. The van der Waals surface area contributed by atoms with Crippen molar-refractivity contribution in [2.75, 3.05) is 12.8 Å². The first-order chi connectivity index (χ1) is 9.47. The van der Waals surface area contributed by atoms with Gasteiger partial charge in [-0.2, -0.15) is 4.31 Å². The fourth-order valence-electron chi connectivity index (χ4n) is 2.73. The van der Waals surface area contributed by atoms with Crippen molar-refractivity contribution >= 4 is 10.0 Å². The van der Waals surface area contributed by atoms with Gasteiger partial charge in [0.25, 0.3) is 0 Å². The molecule has 0 fully saturated rings. The van der Waals surface area contributed by atoms with Gasteiger partial charge < -0.3 is 4.57 Å². The van der Waals surface area contributed by atoms with Crippen molar-refractivity contribution in [3.05, 3.63) is 59.7 Å². The lowest BCUT2D eigenvalue weighted by atomic mass is 10.0. The molecule has 1 atom stereocenters. The predicted octanol–water partition coefficient (Wildman–Crippen LogP) is 1.99. The minimum atomic E-state index is -3.36. The van der Waals surface area contributed by atoms with E-state index in [4.69, 9.17) is 0 Å². The average Bonchev–Trinajstić information content (AvgIpc) is 2.84. The van der Waals surface area contributed by atoms with Crippen LogP contribution in [-0.4, -0.2) is 30.1 Å². The van der Waals surface area contributed by atoms with E-state index in [1.165, 1.54) is 22.7 Å². The number of halogens is 1. The SMILES string of the molecule is CS(=O)(=O)N1CCn2cccc2C1c1cccc(F)c1. The quantitative estimate of drug-likeness (QED) is 0.850. The van der Waals surface area contributed by atoms with E-state index >= 15 is 0 Å². The van der Waals surface area contributed by atoms with Gasteiger partial charge in [-0.3, -0.25) is 0 Å². The van der Waals surface area contributed by atoms with Gasteiger partial charge in [0.2, 0.25) is 10.0 Å². The number of benzene rings is 1. The molecule has 6 heteroatoms. The van der Waals surface area contributed by atoms with Gasteiger partial charge in [0.05, 0.1) is 12.3 Å². The number of hydrogen-bond donors (Lipinski definition) is 0. The third kappa shape index (κ3) is 2.25. The smallest absolute Gasteiger partial charge is 0.212 e. The van der Waals surface area contributed by atoms with Gasteiger partial charge in [-0.05, 0) is 29.8 Å². The number of hydrogen-bond acceptors (Lipinski definition) is 2. The largest absolute Gasteiger partial charge is 0.348 e. The van der Waals surface area contributed by atoms with Gasteiger partial charge in [0, 0.05) is 25.0 Å². The van der Waals surface area contributed by atoms with E-state index in [1.54, 1.807) is 12.1 Å². The molecule has 0 saturated carbocycles. The molecule has 2 aromatic rings. The number of sulfonamides is 1. The zero-order chi connectivity index (χ0) is 14.3. The Kier molecular flexibility index (Phi) is 3.14. The zero-order valence-corrected chi connectivity index (χ0v) is 11.8. The average molecular weight is 294 g/mol. The monoisotopic (exact) mass is 294 g/mol. The summed E-state index contributed by atoms with van der Waals surface area (Å²) in [6.45, 7) is 1.00. The summed E-state index contributed by atoms with van der Waals surface area (Å²) in [5.74, 6) is -0.361. The summed E-state index contributed by atoms with van der Waals surface area (Å²) in [6.07, 6.45) is 3.11. The summed E-state index contributed by atoms with van der Waals surface area (Å²) in [7, 11) is -3.36. The minimum absolute atomic E-state index is 0.361. The highest BCUT2D eigenvalue weighted by Gasteiger charge is 2.34. The highest BCUT2D eigenvalue weighted by molar-refractivity contribution is 7.88. The Balaban J connectivity index is 2.16. The maximum absolute atomic E-state index is 13.5. The van der Waals surface area contributed by atoms with Crippen molar-refractivity contribution < 1.29 is 12.8 Å². The van der Waals surface area contributed by atoms with Crippen LogP contribution in [0.2, 0.25) is 0 Å². The van der Waals surface area contributed by atoms with Gasteiger partial charge in [-0.1, -0.05) is 12.1 Å². The minimum Gasteiger partial charge on any atom is -0.348 e. The summed E-state index contributed by atoms with van der Waals surface area (Å²) < 4.78 is 40.9. The molecular formula is C14H15FN2O2S. The molecule has 0 bridgehead atoms. The normalized spacial score (nSPS) is 19.8. The van der Waals surface area contributed by atoms with E-state index in [-0.39, 0.29) is 5.82 Å². The molecule has 0 saturated heterocycles. The van der Waals surface area contributed by atoms with Crippen molar-refractivity contribution in [1.29, 1.82) is 0 Å². The molecule has 1 aliphatic rings. The fraction of sp³-hybridized carbons (Fsp3) is 0.286. The lowest BCUT2D eigenvalue weighted by molar-refractivity contribution is 0.300. The number of nitrogens with zero attached hydrogens (tertiary/aromatic N) is 2. The maximum Gasteiger partial charge on any atom is 0.212 e. The van der Waals surface area contributed by atoms with Gasteiger partial charge >= 0.3 is 0 Å². The summed E-state index contributed by atoms with van der Waals surface area (Å²) in [4.78, 5) is 0. The molecule has 20 heavy (non-hydrogen) atoms. The van der Waals surface area contributed by atoms with Crippen LogP contribution < -0.4 is 0 Å². The fourth-order valence-corrected chi connectivity index (χ4v) is 3.76. The Morgan fingerprint density at radius 1 is 1.20 bits per heavy atom. The first kappa shape index (κ1) is 13.3. The van der Waals surface area contributed by atoms with Crippen LogP contribution in [0, 0.1) is 5.82 Å². The summed E-state index contributed by atoms with van der Waals surface area (Å²) >= 11 is 0. The van der Waals surface area contributed by atoms with Gasteiger partial charge in [0.1, 0.15) is 5.82 Å². The van der Waals surface area contributed by atoms with Gasteiger partial charge in [-0.15, -0.1) is 0 Å². The lowest BCUT2D eigenvalue weighted by Crippen LogP contribution is -2.41. The van der Waals surface area contributed by atoms with Crippen molar-refractivity contribution in [2.45, 2.75) is 12.6 Å². The molecule has 3 rings (SSSR count). The summed E-state index contributed by atoms with van der Waals surface area (Å²) in [6, 6.07) is 9.41. The molecule has 0 amide bonds. The van der Waals surface area contributed by atoms with Crippen LogP contribution in [0.3, 0.4) is 0 Å². The van der Waals surface area contributed by atoms with Crippen LogP contribution in [-0.2, 0) is 16.6 Å². The summed E-state index contributed by atoms with van der Waals surface area (Å²) in [5.41, 5.74) is 1.52. The molecule has 0 aliphatic carbocycles.